The zero-order valence-corrected chi connectivity index (χ0v) is 46.9. The van der Waals surface area contributed by atoms with E-state index in [2.05, 4.69) is 33.6 Å². The number of halogens is 1. The minimum Gasteiger partial charge on any atom is -0.464 e. The van der Waals surface area contributed by atoms with Crippen LogP contribution in [0, 0.1) is 17.7 Å². The molecule has 0 aliphatic carbocycles. The maximum atomic E-state index is 17.5. The average Bonchev–Trinajstić information content (AvgIpc) is 4.25. The molecule has 75 heavy (non-hydrogen) atoms. The van der Waals surface area contributed by atoms with Gasteiger partial charge in [-0.05, 0) is 107 Å². The highest BCUT2D eigenvalue weighted by Crippen LogP contribution is 2.49. The molecule has 0 saturated carbocycles. The molecule has 4 aliphatic heterocycles. The Hall–Kier alpha value is -5.68. The van der Waals surface area contributed by atoms with Crippen LogP contribution in [0.25, 0.3) is 44.7 Å². The zero-order chi connectivity index (χ0) is 50.5. The summed E-state index contributed by atoms with van der Waals surface area (Å²) in [7, 11) is 2.57. The van der Waals surface area contributed by atoms with Crippen LogP contribution in [0.15, 0.2) is 60.9 Å². The van der Waals surface area contributed by atoms with Gasteiger partial charge in [-0.1, -0.05) is 32.9 Å². The van der Waals surface area contributed by atoms with Gasteiger partial charge in [0.2, 0.25) is 18.0 Å². The normalized spacial score (nSPS) is 21.7. The SMILES string of the molecule is CCc1ccc(C2Oc3cc(-c4cnc([C@@H]5CCCN5C(=O)[C@@H](NC(=O)OC)C(C)C)[nH]4)ccc3-c3c(F)c4cc(-c5cnc([C@@H]6CCCN6C(=O)C(NC(=O)OC)C6C[C@@H](C)O[C@@H](C)C6)[nH]5)ccc4n32)s1.S.S.S. The van der Waals surface area contributed by atoms with E-state index in [9.17, 15) is 19.2 Å². The van der Waals surface area contributed by atoms with Gasteiger partial charge in [0.05, 0.1) is 78.4 Å². The van der Waals surface area contributed by atoms with Gasteiger partial charge in [0.1, 0.15) is 29.5 Å². The van der Waals surface area contributed by atoms with Crippen molar-refractivity contribution < 1.29 is 42.5 Å². The van der Waals surface area contributed by atoms with Gasteiger partial charge < -0.3 is 49.3 Å². The highest BCUT2D eigenvalue weighted by Gasteiger charge is 2.43. The van der Waals surface area contributed by atoms with Gasteiger partial charge in [0, 0.05) is 40.0 Å². The number of likely N-dealkylation sites (tertiary alicyclic amines) is 2. The summed E-state index contributed by atoms with van der Waals surface area (Å²) >= 11 is 1.63. The van der Waals surface area contributed by atoms with Crippen molar-refractivity contribution in [3.63, 3.8) is 0 Å². The molecule has 2 aromatic carbocycles. The number of carbonyl (C=O) groups excluding carboxylic acids is 4. The van der Waals surface area contributed by atoms with E-state index in [1.807, 2.05) is 79.6 Å². The fourth-order valence-corrected chi connectivity index (χ4v) is 12.3. The van der Waals surface area contributed by atoms with Gasteiger partial charge in [0.15, 0.2) is 5.82 Å². The fraction of sp³-hybridized carbons (Fsp3) is 0.472. The van der Waals surface area contributed by atoms with Crippen molar-refractivity contribution in [3.8, 4) is 39.5 Å². The Balaban J connectivity index is 0.00000273. The minimum atomic E-state index is -0.785. The maximum Gasteiger partial charge on any atom is 0.407 e. The number of nitrogens with zero attached hydrogens (tertiary/aromatic N) is 5. The van der Waals surface area contributed by atoms with Crippen LogP contribution < -0.4 is 15.4 Å². The summed E-state index contributed by atoms with van der Waals surface area (Å²) in [5, 5.41) is 5.97. The number of aromatic amines is 2. The van der Waals surface area contributed by atoms with E-state index >= 15 is 4.39 Å². The quantitative estimate of drug-likeness (QED) is 0.0915. The molecule has 4 N–H and O–H groups in total. The molecule has 0 spiro atoms. The van der Waals surface area contributed by atoms with Gasteiger partial charge in [-0.3, -0.25) is 14.2 Å². The number of aromatic nitrogens is 5. The molecule has 8 atom stereocenters. The molecule has 8 heterocycles. The van der Waals surface area contributed by atoms with E-state index < -0.39 is 30.5 Å². The van der Waals surface area contributed by atoms with Crippen molar-refractivity contribution in [1.29, 1.82) is 0 Å². The first-order valence-electron chi connectivity index (χ1n) is 25.0. The van der Waals surface area contributed by atoms with Crippen molar-refractivity contribution in [2.75, 3.05) is 27.3 Å². The molecule has 10 rings (SSSR count). The number of fused-ring (bicyclic) bond motifs is 5. The molecule has 3 fully saturated rings. The van der Waals surface area contributed by atoms with Crippen LogP contribution in [-0.4, -0.2) is 110 Å². The van der Waals surface area contributed by atoms with E-state index in [1.165, 1.54) is 19.1 Å². The van der Waals surface area contributed by atoms with E-state index in [0.29, 0.717) is 89.7 Å². The van der Waals surface area contributed by atoms with E-state index in [1.54, 1.807) is 28.6 Å². The Kier molecular flexibility index (Phi) is 18.0. The van der Waals surface area contributed by atoms with Crippen LogP contribution >= 0.6 is 51.8 Å². The van der Waals surface area contributed by atoms with Gasteiger partial charge >= 0.3 is 12.2 Å². The summed E-state index contributed by atoms with van der Waals surface area (Å²) in [6.07, 6.45) is 6.42. The van der Waals surface area contributed by atoms with Crippen molar-refractivity contribution in [1.82, 2.24) is 44.9 Å². The van der Waals surface area contributed by atoms with Gasteiger partial charge in [-0.2, -0.15) is 40.5 Å². The molecule has 3 unspecified atom stereocenters. The predicted molar refractivity (Wildman–Crippen MR) is 300 cm³/mol. The second-order valence-electron chi connectivity index (χ2n) is 19.8. The topological polar surface area (TPSA) is 198 Å². The number of aryl methyl sites for hydroxylation is 1. The monoisotopic (exact) mass is 1110 g/mol. The number of benzene rings is 2. The number of rotatable bonds is 12. The summed E-state index contributed by atoms with van der Waals surface area (Å²) in [6, 6.07) is 13.3. The third-order valence-corrected chi connectivity index (χ3v) is 16.0. The van der Waals surface area contributed by atoms with Crippen molar-refractivity contribution in [3.05, 3.63) is 88.1 Å². The van der Waals surface area contributed by atoms with Crippen LogP contribution in [0.2, 0.25) is 0 Å². The Labute approximate surface area is 460 Å². The molecule has 6 aromatic rings. The summed E-state index contributed by atoms with van der Waals surface area (Å²) in [5.74, 6) is 0.718. The van der Waals surface area contributed by atoms with Crippen LogP contribution in [-0.2, 0) is 30.2 Å². The lowest BCUT2D eigenvalue weighted by molar-refractivity contribution is -0.138. The Morgan fingerprint density at radius 2 is 1.40 bits per heavy atom. The standard InChI is InChI=1S/C53H62FN9O8S.3H2S/c1-8-33-15-18-42(72-33)51-63-38-17-14-30(36-25-55-48(57-36)40-12-10-20-62(40)50(65)45(60-53(67)69-7)32-21-28(4)70-29(5)22-32)23-35(38)43(54)46(63)34-16-13-31(24-41(34)71-51)37-26-56-47(58-37)39-11-9-19-61(39)49(64)44(27(2)3)59-52(66)68-6;;;/h13-18,23-29,32,39-40,44-45,51H,8-12,19-22H2,1-7H3,(H,55,57)(H,56,58)(H,59,66)(H,60,67);3*1H2/t28-,29+,32?,39-,40-,44-,45?,51?;;;/m0.../s1. The molecule has 0 bridgehead atoms. The number of hydrogen-bond acceptors (Lipinski definition) is 11. The lowest BCUT2D eigenvalue weighted by Gasteiger charge is -2.38. The number of hydrogen-bond donors (Lipinski definition) is 4. The number of thiophene rings is 1. The second-order valence-corrected chi connectivity index (χ2v) is 21.0. The first-order chi connectivity index (χ1) is 34.7. The molecule has 404 valence electrons. The number of alkyl carbamates (subject to hydrolysis) is 2. The minimum absolute atomic E-state index is 0. The van der Waals surface area contributed by atoms with Crippen molar-refractivity contribution in [2.24, 2.45) is 11.8 Å². The molecule has 4 aliphatic rings. The lowest BCUT2D eigenvalue weighted by Crippen LogP contribution is -2.54. The smallest absolute Gasteiger partial charge is 0.407 e. The van der Waals surface area contributed by atoms with E-state index in [4.69, 9.17) is 28.9 Å². The number of methoxy groups -OCH3 is 2. The van der Waals surface area contributed by atoms with Crippen LogP contribution in [0.5, 0.6) is 5.75 Å². The third kappa shape index (κ3) is 11.0. The average molecular weight is 1110 g/mol. The van der Waals surface area contributed by atoms with E-state index in [-0.39, 0.29) is 94.2 Å². The number of nitrogens with one attached hydrogen (secondary N) is 4. The summed E-state index contributed by atoms with van der Waals surface area (Å²) in [4.78, 5) is 75.2. The third-order valence-electron chi connectivity index (χ3n) is 14.8. The summed E-state index contributed by atoms with van der Waals surface area (Å²) < 4.78 is 42.1. The number of H-pyrrole nitrogens is 2. The number of imidazole rings is 2. The lowest BCUT2D eigenvalue weighted by atomic mass is 9.85. The van der Waals surface area contributed by atoms with Crippen LogP contribution in [0.1, 0.15) is 113 Å². The zero-order valence-electron chi connectivity index (χ0n) is 43.1. The van der Waals surface area contributed by atoms with Gasteiger partial charge in [-0.25, -0.2) is 23.9 Å². The highest BCUT2D eigenvalue weighted by molar-refractivity contribution is 7.59. The predicted octanol–water partition coefficient (Wildman–Crippen LogP) is 9.76. The van der Waals surface area contributed by atoms with Crippen molar-refractivity contribution in [2.45, 2.75) is 122 Å². The molecule has 4 amide bonds. The first kappa shape index (κ1) is 57.0. The second kappa shape index (κ2) is 23.7. The number of carbonyl (C=O) groups is 4. The molecule has 0 radical (unpaired) electrons. The Morgan fingerprint density at radius 3 is 1.99 bits per heavy atom. The first-order valence-corrected chi connectivity index (χ1v) is 25.9. The molecule has 17 nitrogen and oxygen atoms in total. The Morgan fingerprint density at radius 1 is 0.813 bits per heavy atom. The summed E-state index contributed by atoms with van der Waals surface area (Å²) in [5.41, 5.74) is 4.57. The Bertz CT molecular complexity index is 3020. The molecule has 4 aromatic heterocycles. The molecular weight excluding hydrogens is 1040 g/mol. The number of amides is 4. The fourth-order valence-electron chi connectivity index (χ4n) is 11.3. The maximum absolute atomic E-state index is 17.5. The highest BCUT2D eigenvalue weighted by atomic mass is 32.1. The van der Waals surface area contributed by atoms with Crippen LogP contribution in [0.4, 0.5) is 14.0 Å². The molecule has 22 heteroatoms. The van der Waals surface area contributed by atoms with Gasteiger partial charge in [0.25, 0.3) is 0 Å². The van der Waals surface area contributed by atoms with E-state index in [0.717, 1.165) is 35.3 Å². The van der Waals surface area contributed by atoms with Crippen molar-refractivity contribution >= 4 is 86.7 Å². The number of ether oxygens (including phenoxy) is 4. The van der Waals surface area contributed by atoms with Crippen LogP contribution in [0.3, 0.4) is 0 Å². The summed E-state index contributed by atoms with van der Waals surface area (Å²) in [6.45, 7) is 10.9. The van der Waals surface area contributed by atoms with Gasteiger partial charge in [-0.15, -0.1) is 11.3 Å². The molecular formula is C53H68FN9O8S4. The largest absolute Gasteiger partial charge is 0.464 e. The molecule has 3 saturated heterocycles.